The van der Waals surface area contributed by atoms with Crippen LogP contribution in [0.5, 0.6) is 0 Å². The van der Waals surface area contributed by atoms with Crippen molar-refractivity contribution in [2.24, 2.45) is 7.05 Å². The molecule has 2 rings (SSSR count). The van der Waals surface area contributed by atoms with Crippen molar-refractivity contribution in [1.29, 1.82) is 0 Å². The first-order valence-corrected chi connectivity index (χ1v) is 6.36. The smallest absolute Gasteiger partial charge is 0.276 e. The van der Waals surface area contributed by atoms with Crippen LogP contribution in [0.2, 0.25) is 0 Å². The minimum atomic E-state index is -0.656. The van der Waals surface area contributed by atoms with E-state index in [4.69, 9.17) is 0 Å². The Balaban J connectivity index is 2.34. The van der Waals surface area contributed by atoms with Crippen LogP contribution in [0.1, 0.15) is 10.5 Å². The van der Waals surface area contributed by atoms with Gasteiger partial charge in [0.05, 0.1) is 12.1 Å². The fourth-order valence-corrected chi connectivity index (χ4v) is 1.87. The first-order valence-electron chi connectivity index (χ1n) is 6.36. The topological polar surface area (TPSA) is 84.3 Å². The standard InChI is InChI=1S/C14H16N4O3/c1-17(2)11(19)8-15-14(21)12-13(20)9-6-4-5-7-10(9)18(3)16-12/h4-7H,8H2,1-3H3,(H,15,21). The van der Waals surface area contributed by atoms with E-state index >= 15 is 0 Å². The minimum absolute atomic E-state index is 0.177. The van der Waals surface area contributed by atoms with Gasteiger partial charge in [0.25, 0.3) is 5.91 Å². The van der Waals surface area contributed by atoms with Crippen molar-refractivity contribution < 1.29 is 9.59 Å². The van der Waals surface area contributed by atoms with E-state index in [0.29, 0.717) is 10.9 Å². The fraction of sp³-hybridized carbons (Fsp3) is 0.286. The van der Waals surface area contributed by atoms with Crippen LogP contribution in [0.4, 0.5) is 0 Å². The highest BCUT2D eigenvalue weighted by atomic mass is 16.2. The summed E-state index contributed by atoms with van der Waals surface area (Å²) in [6, 6.07) is 6.90. The number of likely N-dealkylation sites (N-methyl/N-ethyl adjacent to an activating group) is 1. The molecule has 1 N–H and O–H groups in total. The maximum Gasteiger partial charge on any atom is 0.276 e. The van der Waals surface area contributed by atoms with Crippen molar-refractivity contribution in [2.75, 3.05) is 20.6 Å². The summed E-state index contributed by atoms with van der Waals surface area (Å²) in [6.45, 7) is -0.177. The summed E-state index contributed by atoms with van der Waals surface area (Å²) in [4.78, 5) is 37.1. The second kappa shape index (κ2) is 5.74. The van der Waals surface area contributed by atoms with Gasteiger partial charge in [0, 0.05) is 26.5 Å². The molecule has 2 amide bonds. The number of aromatic nitrogens is 2. The summed E-state index contributed by atoms with van der Waals surface area (Å²) >= 11 is 0. The largest absolute Gasteiger partial charge is 0.347 e. The summed E-state index contributed by atoms with van der Waals surface area (Å²) < 4.78 is 1.47. The maximum absolute atomic E-state index is 12.3. The number of para-hydroxylation sites is 1. The van der Waals surface area contributed by atoms with Gasteiger partial charge in [-0.3, -0.25) is 19.1 Å². The Bertz CT molecular complexity index is 764. The molecule has 0 spiro atoms. The van der Waals surface area contributed by atoms with Gasteiger partial charge in [0.1, 0.15) is 0 Å². The molecule has 0 aliphatic rings. The van der Waals surface area contributed by atoms with E-state index in [1.54, 1.807) is 45.4 Å². The van der Waals surface area contributed by atoms with E-state index in [9.17, 15) is 14.4 Å². The number of carbonyl (C=O) groups excluding carboxylic acids is 2. The molecule has 7 heteroatoms. The Morgan fingerprint density at radius 1 is 1.29 bits per heavy atom. The molecule has 0 aliphatic carbocycles. The monoisotopic (exact) mass is 288 g/mol. The molecule has 21 heavy (non-hydrogen) atoms. The second-order valence-electron chi connectivity index (χ2n) is 4.79. The third kappa shape index (κ3) is 2.91. The van der Waals surface area contributed by atoms with Crippen LogP contribution >= 0.6 is 0 Å². The first kappa shape index (κ1) is 14.7. The van der Waals surface area contributed by atoms with Crippen LogP contribution in [-0.4, -0.2) is 47.1 Å². The lowest BCUT2D eigenvalue weighted by molar-refractivity contribution is -0.127. The molecular weight excluding hydrogens is 272 g/mol. The fourth-order valence-electron chi connectivity index (χ4n) is 1.87. The zero-order valence-corrected chi connectivity index (χ0v) is 12.1. The number of fused-ring (bicyclic) bond motifs is 1. The van der Waals surface area contributed by atoms with Crippen LogP contribution in [0.15, 0.2) is 29.1 Å². The first-order chi connectivity index (χ1) is 9.91. The van der Waals surface area contributed by atoms with Gasteiger partial charge < -0.3 is 10.2 Å². The lowest BCUT2D eigenvalue weighted by Gasteiger charge is -2.11. The summed E-state index contributed by atoms with van der Waals surface area (Å²) in [5, 5.41) is 6.81. The average Bonchev–Trinajstić information content (AvgIpc) is 2.48. The number of hydrogen-bond acceptors (Lipinski definition) is 4. The SMILES string of the molecule is CN(C)C(=O)CNC(=O)c1nn(C)c2ccccc2c1=O. The molecule has 1 heterocycles. The Labute approximate surface area is 121 Å². The lowest BCUT2D eigenvalue weighted by Crippen LogP contribution is -2.38. The van der Waals surface area contributed by atoms with E-state index < -0.39 is 11.3 Å². The number of carbonyl (C=O) groups is 2. The number of hydrogen-bond donors (Lipinski definition) is 1. The highest BCUT2D eigenvalue weighted by molar-refractivity contribution is 5.97. The van der Waals surface area contributed by atoms with Crippen LogP contribution in [0.25, 0.3) is 10.9 Å². The third-order valence-corrected chi connectivity index (χ3v) is 3.08. The molecule has 0 atom stereocenters. The van der Waals surface area contributed by atoms with Crippen molar-refractivity contribution in [3.05, 3.63) is 40.2 Å². The summed E-state index contributed by atoms with van der Waals surface area (Å²) in [5.41, 5.74) is -0.0234. The molecule has 1 aromatic carbocycles. The van der Waals surface area contributed by atoms with E-state index in [-0.39, 0.29) is 18.1 Å². The Hall–Kier alpha value is -2.70. The van der Waals surface area contributed by atoms with E-state index in [1.807, 2.05) is 0 Å². The molecule has 0 aliphatic heterocycles. The van der Waals surface area contributed by atoms with Gasteiger partial charge in [-0.15, -0.1) is 0 Å². The van der Waals surface area contributed by atoms with Gasteiger partial charge in [-0.2, -0.15) is 5.10 Å². The molecular formula is C14H16N4O3. The Morgan fingerprint density at radius 2 is 1.95 bits per heavy atom. The highest BCUT2D eigenvalue weighted by Crippen LogP contribution is 2.07. The Kier molecular flexibility index (Phi) is 4.02. The van der Waals surface area contributed by atoms with Crippen molar-refractivity contribution in [1.82, 2.24) is 20.0 Å². The van der Waals surface area contributed by atoms with Crippen molar-refractivity contribution in [2.45, 2.75) is 0 Å². The Morgan fingerprint density at radius 3 is 2.62 bits per heavy atom. The molecule has 1 aromatic heterocycles. The van der Waals surface area contributed by atoms with E-state index in [1.165, 1.54) is 9.58 Å². The van der Waals surface area contributed by atoms with Crippen molar-refractivity contribution >= 4 is 22.7 Å². The molecule has 0 unspecified atom stereocenters. The van der Waals surface area contributed by atoms with E-state index in [2.05, 4.69) is 10.4 Å². The molecule has 110 valence electrons. The predicted molar refractivity (Wildman–Crippen MR) is 78.0 cm³/mol. The number of nitrogens with zero attached hydrogens (tertiary/aromatic N) is 3. The quantitative estimate of drug-likeness (QED) is 0.844. The van der Waals surface area contributed by atoms with Crippen molar-refractivity contribution in [3.8, 4) is 0 Å². The van der Waals surface area contributed by atoms with Gasteiger partial charge in [0.2, 0.25) is 11.3 Å². The van der Waals surface area contributed by atoms with Gasteiger partial charge in [-0.1, -0.05) is 12.1 Å². The van der Waals surface area contributed by atoms with Gasteiger partial charge in [-0.05, 0) is 12.1 Å². The summed E-state index contributed by atoms with van der Waals surface area (Å²) in [5.74, 6) is -0.919. The average molecular weight is 288 g/mol. The zero-order chi connectivity index (χ0) is 15.6. The van der Waals surface area contributed by atoms with Crippen LogP contribution < -0.4 is 10.7 Å². The number of aryl methyl sites for hydroxylation is 1. The molecule has 0 fully saturated rings. The zero-order valence-electron chi connectivity index (χ0n) is 12.1. The molecule has 7 nitrogen and oxygen atoms in total. The molecule has 0 saturated carbocycles. The van der Waals surface area contributed by atoms with Crippen LogP contribution in [0, 0.1) is 0 Å². The lowest BCUT2D eigenvalue weighted by atomic mass is 10.2. The molecule has 0 bridgehead atoms. The predicted octanol–water partition coefficient (Wildman–Crippen LogP) is -0.249. The number of amides is 2. The minimum Gasteiger partial charge on any atom is -0.347 e. The molecule has 0 radical (unpaired) electrons. The summed E-state index contributed by atoms with van der Waals surface area (Å²) in [6.07, 6.45) is 0. The normalized spacial score (nSPS) is 10.4. The van der Waals surface area contributed by atoms with Gasteiger partial charge in [0.15, 0.2) is 5.69 Å². The molecule has 0 saturated heterocycles. The number of nitrogens with one attached hydrogen (secondary N) is 1. The number of benzene rings is 1. The van der Waals surface area contributed by atoms with Crippen molar-refractivity contribution in [3.63, 3.8) is 0 Å². The van der Waals surface area contributed by atoms with E-state index in [0.717, 1.165) is 0 Å². The highest BCUT2D eigenvalue weighted by Gasteiger charge is 2.17. The summed E-state index contributed by atoms with van der Waals surface area (Å²) in [7, 11) is 4.83. The van der Waals surface area contributed by atoms with Gasteiger partial charge >= 0.3 is 0 Å². The third-order valence-electron chi connectivity index (χ3n) is 3.08. The number of rotatable bonds is 3. The second-order valence-corrected chi connectivity index (χ2v) is 4.79. The van der Waals surface area contributed by atoms with Gasteiger partial charge in [-0.25, -0.2) is 0 Å². The maximum atomic E-state index is 12.3. The molecule has 2 aromatic rings. The van der Waals surface area contributed by atoms with Crippen LogP contribution in [-0.2, 0) is 11.8 Å². The van der Waals surface area contributed by atoms with Crippen LogP contribution in [0.3, 0.4) is 0 Å².